The van der Waals surface area contributed by atoms with E-state index in [-0.39, 0.29) is 16.9 Å². The Morgan fingerprint density at radius 3 is 3.00 bits per heavy atom. The first-order valence-corrected chi connectivity index (χ1v) is 6.11. The molecule has 0 unspecified atom stereocenters. The number of esters is 1. The molecule has 0 saturated heterocycles. The van der Waals surface area contributed by atoms with Gasteiger partial charge >= 0.3 is 5.97 Å². The van der Waals surface area contributed by atoms with Gasteiger partial charge in [-0.15, -0.1) is 11.3 Å². The van der Waals surface area contributed by atoms with Gasteiger partial charge in [0, 0.05) is 0 Å². The third-order valence-corrected chi connectivity index (χ3v) is 3.81. The number of aromatic nitrogens is 2. The number of thiophene rings is 1. The van der Waals surface area contributed by atoms with Gasteiger partial charge < -0.3 is 9.72 Å². The largest absolute Gasteiger partial charge is 0.468 e. The minimum atomic E-state index is -0.501. The van der Waals surface area contributed by atoms with Crippen molar-refractivity contribution in [1.82, 2.24) is 9.55 Å². The average Bonchev–Trinajstić information content (AvgIpc) is 2.66. The number of nitrogens with one attached hydrogen (secondary N) is 1. The summed E-state index contributed by atoms with van der Waals surface area (Å²) in [7, 11) is 1.27. The van der Waals surface area contributed by atoms with Crippen LogP contribution in [-0.4, -0.2) is 22.6 Å². The van der Waals surface area contributed by atoms with E-state index in [1.807, 2.05) is 12.3 Å². The predicted molar refractivity (Wildman–Crippen MR) is 68.0 cm³/mol. The van der Waals surface area contributed by atoms with Crippen molar-refractivity contribution < 1.29 is 9.53 Å². The molecule has 7 heteroatoms. The summed E-state index contributed by atoms with van der Waals surface area (Å²) in [5.41, 5.74) is 1.46. The van der Waals surface area contributed by atoms with Crippen LogP contribution in [0.15, 0.2) is 10.2 Å². The molecule has 90 valence electrons. The molecule has 0 aliphatic heterocycles. The van der Waals surface area contributed by atoms with Crippen LogP contribution in [0, 0.1) is 11.7 Å². The lowest BCUT2D eigenvalue weighted by molar-refractivity contribution is -0.141. The average molecular weight is 270 g/mol. The number of nitrogens with zero attached hydrogens (tertiary/aromatic N) is 1. The van der Waals surface area contributed by atoms with Crippen LogP contribution in [0.25, 0.3) is 10.2 Å². The van der Waals surface area contributed by atoms with E-state index in [2.05, 4.69) is 9.72 Å². The predicted octanol–water partition coefficient (Wildman–Crippen LogP) is 1.60. The van der Waals surface area contributed by atoms with E-state index in [9.17, 15) is 9.59 Å². The number of H-pyrrole nitrogens is 1. The summed E-state index contributed by atoms with van der Waals surface area (Å²) in [5.74, 6) is -0.501. The molecule has 0 atom stereocenters. The lowest BCUT2D eigenvalue weighted by Gasteiger charge is -2.04. The van der Waals surface area contributed by atoms with Crippen molar-refractivity contribution in [3.8, 4) is 0 Å². The number of rotatable bonds is 2. The number of hydrogen-bond acceptors (Lipinski definition) is 5. The zero-order valence-corrected chi connectivity index (χ0v) is 10.9. The Labute approximate surface area is 106 Å². The van der Waals surface area contributed by atoms with Crippen molar-refractivity contribution in [2.45, 2.75) is 13.5 Å². The van der Waals surface area contributed by atoms with Crippen LogP contribution in [0.4, 0.5) is 0 Å². The number of carbonyl (C=O) groups excluding carboxylic acids is 1. The molecule has 0 radical (unpaired) electrons. The Bertz CT molecular complexity index is 696. The van der Waals surface area contributed by atoms with Gasteiger partial charge in [0.25, 0.3) is 5.56 Å². The molecule has 0 fully saturated rings. The Hall–Kier alpha value is -1.47. The molecule has 0 aliphatic carbocycles. The lowest BCUT2D eigenvalue weighted by Crippen LogP contribution is -2.26. The van der Waals surface area contributed by atoms with E-state index in [1.165, 1.54) is 23.0 Å². The molecule has 17 heavy (non-hydrogen) atoms. The highest BCUT2D eigenvalue weighted by Crippen LogP contribution is 2.19. The summed E-state index contributed by atoms with van der Waals surface area (Å²) in [4.78, 5) is 26.2. The Morgan fingerprint density at radius 2 is 2.35 bits per heavy atom. The second-order valence-corrected chi connectivity index (χ2v) is 4.79. The van der Waals surface area contributed by atoms with Crippen molar-refractivity contribution in [3.63, 3.8) is 0 Å². The number of methoxy groups -OCH3 is 1. The van der Waals surface area contributed by atoms with Gasteiger partial charge in [-0.1, -0.05) is 0 Å². The molecule has 0 aliphatic rings. The summed E-state index contributed by atoms with van der Waals surface area (Å²) < 4.78 is 6.53. The van der Waals surface area contributed by atoms with Crippen LogP contribution in [0.3, 0.4) is 0 Å². The fourth-order valence-electron chi connectivity index (χ4n) is 1.48. The maximum Gasteiger partial charge on any atom is 0.325 e. The number of aryl methyl sites for hydroxylation is 1. The maximum absolute atomic E-state index is 12.1. The number of hydrogen-bond donors (Lipinski definition) is 1. The highest BCUT2D eigenvalue weighted by molar-refractivity contribution is 7.71. The molecular weight excluding hydrogens is 260 g/mol. The standard InChI is InChI=1S/C10H10N2O3S2/c1-5-4-17-8-7(5)11-10(16)12(9(8)14)3-6(13)15-2/h4H,3H2,1-2H3,(H,11,16). The van der Waals surface area contributed by atoms with Crippen LogP contribution in [0.5, 0.6) is 0 Å². The van der Waals surface area contributed by atoms with Gasteiger partial charge in [0.1, 0.15) is 11.2 Å². The monoisotopic (exact) mass is 270 g/mol. The van der Waals surface area contributed by atoms with Gasteiger partial charge in [-0.3, -0.25) is 14.2 Å². The van der Waals surface area contributed by atoms with Crippen LogP contribution in [0.1, 0.15) is 5.56 Å². The molecular formula is C10H10N2O3S2. The molecule has 0 saturated carbocycles. The molecule has 0 aromatic carbocycles. The second kappa shape index (κ2) is 4.42. The molecule has 0 spiro atoms. The topological polar surface area (TPSA) is 64.1 Å². The highest BCUT2D eigenvalue weighted by Gasteiger charge is 2.11. The van der Waals surface area contributed by atoms with Crippen molar-refractivity contribution in [1.29, 1.82) is 0 Å². The van der Waals surface area contributed by atoms with Gasteiger partial charge in [-0.2, -0.15) is 0 Å². The van der Waals surface area contributed by atoms with E-state index in [0.29, 0.717) is 4.70 Å². The first-order valence-electron chi connectivity index (χ1n) is 4.82. The van der Waals surface area contributed by atoms with Crippen LogP contribution in [0.2, 0.25) is 0 Å². The Balaban J connectivity index is 2.69. The molecule has 5 nitrogen and oxygen atoms in total. The zero-order chi connectivity index (χ0) is 12.6. The smallest absolute Gasteiger partial charge is 0.325 e. The minimum Gasteiger partial charge on any atom is -0.468 e. The molecule has 2 aromatic heterocycles. The minimum absolute atomic E-state index is 0.169. The van der Waals surface area contributed by atoms with Crippen molar-refractivity contribution in [2.75, 3.05) is 7.11 Å². The second-order valence-electron chi connectivity index (χ2n) is 3.52. The summed E-state index contributed by atoms with van der Waals surface area (Å²) in [6.45, 7) is 1.73. The van der Waals surface area contributed by atoms with Crippen molar-refractivity contribution in [2.24, 2.45) is 0 Å². The lowest BCUT2D eigenvalue weighted by atomic mass is 10.3. The third-order valence-electron chi connectivity index (χ3n) is 2.41. The molecule has 2 rings (SSSR count). The number of aromatic amines is 1. The summed E-state index contributed by atoms with van der Waals surface area (Å²) in [5, 5.41) is 1.87. The van der Waals surface area contributed by atoms with Gasteiger partial charge in [0.05, 0.1) is 12.6 Å². The van der Waals surface area contributed by atoms with Gasteiger partial charge in [-0.05, 0) is 30.1 Å². The van der Waals surface area contributed by atoms with Crippen molar-refractivity contribution in [3.05, 3.63) is 26.1 Å². The summed E-state index contributed by atoms with van der Waals surface area (Å²) >= 11 is 6.40. The third kappa shape index (κ3) is 2.03. The molecule has 0 amide bonds. The fraction of sp³-hybridized carbons (Fsp3) is 0.300. The van der Waals surface area contributed by atoms with E-state index in [1.54, 1.807) is 0 Å². The Morgan fingerprint density at radius 1 is 1.65 bits per heavy atom. The SMILES string of the molecule is COC(=O)Cn1c(=S)[nH]c2c(C)csc2c1=O. The first kappa shape index (κ1) is 12.0. The van der Waals surface area contributed by atoms with E-state index in [0.717, 1.165) is 11.1 Å². The summed E-state index contributed by atoms with van der Waals surface area (Å²) in [6.07, 6.45) is 0. The van der Waals surface area contributed by atoms with E-state index >= 15 is 0 Å². The highest BCUT2D eigenvalue weighted by atomic mass is 32.1. The van der Waals surface area contributed by atoms with E-state index in [4.69, 9.17) is 12.2 Å². The van der Waals surface area contributed by atoms with Crippen LogP contribution >= 0.6 is 23.6 Å². The normalized spacial score (nSPS) is 10.7. The number of ether oxygens (including phenoxy) is 1. The van der Waals surface area contributed by atoms with Gasteiger partial charge in [0.2, 0.25) is 0 Å². The molecule has 2 aromatic rings. The molecule has 1 N–H and O–H groups in total. The number of fused-ring (bicyclic) bond motifs is 1. The number of carbonyl (C=O) groups is 1. The van der Waals surface area contributed by atoms with Gasteiger partial charge in [0.15, 0.2) is 4.77 Å². The maximum atomic E-state index is 12.1. The first-order chi connectivity index (χ1) is 8.04. The molecule has 0 bridgehead atoms. The van der Waals surface area contributed by atoms with E-state index < -0.39 is 5.97 Å². The quantitative estimate of drug-likeness (QED) is 0.665. The fourth-order valence-corrected chi connectivity index (χ4v) is 2.69. The van der Waals surface area contributed by atoms with Gasteiger partial charge in [-0.25, -0.2) is 0 Å². The van der Waals surface area contributed by atoms with Crippen LogP contribution in [-0.2, 0) is 16.1 Å². The van der Waals surface area contributed by atoms with Crippen molar-refractivity contribution >= 4 is 39.7 Å². The molecule has 2 heterocycles. The zero-order valence-electron chi connectivity index (χ0n) is 9.27. The van der Waals surface area contributed by atoms with Crippen LogP contribution < -0.4 is 5.56 Å². The summed E-state index contributed by atoms with van der Waals surface area (Å²) in [6, 6.07) is 0. The Kier molecular flexibility index (Phi) is 3.12.